The average molecular weight is 402 g/mol. The monoisotopic (exact) mass is 402 g/mol. The number of carbonyl (C=O) groups excluding carboxylic acids is 1. The highest BCUT2D eigenvalue weighted by molar-refractivity contribution is 5.90. The number of carbonyl (C=O) groups is 1. The maximum Gasteiger partial charge on any atom is 0.331 e. The fourth-order valence-electron chi connectivity index (χ4n) is 2.66. The lowest BCUT2D eigenvalue weighted by Gasteiger charge is -2.10. The molecular formula is C21H18N6O3. The molecule has 3 rings (SSSR count). The first-order valence-corrected chi connectivity index (χ1v) is 9.13. The lowest BCUT2D eigenvalue weighted by Crippen LogP contribution is -2.43. The van der Waals surface area contributed by atoms with Crippen LogP contribution < -0.4 is 16.6 Å². The Labute approximate surface area is 171 Å². The number of nitriles is 1. The van der Waals surface area contributed by atoms with Gasteiger partial charge in [0.25, 0.3) is 5.56 Å². The molecule has 0 atom stereocenters. The minimum atomic E-state index is -0.793. The second-order valence-corrected chi connectivity index (χ2v) is 6.25. The van der Waals surface area contributed by atoms with Gasteiger partial charge >= 0.3 is 5.69 Å². The zero-order valence-corrected chi connectivity index (χ0v) is 16.1. The molecule has 9 nitrogen and oxygen atoms in total. The van der Waals surface area contributed by atoms with E-state index in [1.165, 1.54) is 10.8 Å². The van der Waals surface area contributed by atoms with Crippen LogP contribution in [0.3, 0.4) is 0 Å². The SMILES string of the molecule is CCn1cc(C#N)c(=O)n(CC(=O)Nc2ccc(N=Nc3ccccc3)cc2)c1=O. The minimum absolute atomic E-state index is 0.197. The van der Waals surface area contributed by atoms with E-state index in [2.05, 4.69) is 15.5 Å². The minimum Gasteiger partial charge on any atom is -0.325 e. The fourth-order valence-corrected chi connectivity index (χ4v) is 2.66. The predicted octanol–water partition coefficient (Wildman–Crippen LogP) is 2.96. The first-order chi connectivity index (χ1) is 14.5. The van der Waals surface area contributed by atoms with Crippen molar-refractivity contribution in [3.63, 3.8) is 0 Å². The molecule has 0 saturated heterocycles. The van der Waals surface area contributed by atoms with Crippen LogP contribution in [0.2, 0.25) is 0 Å². The van der Waals surface area contributed by atoms with E-state index in [-0.39, 0.29) is 12.1 Å². The standard InChI is InChI=1S/C21H18N6O3/c1-2-26-13-15(12-22)20(29)27(21(26)30)14-19(28)23-16-8-10-18(11-9-16)25-24-17-6-4-3-5-7-17/h3-11,13H,2,14H2,1H3,(H,23,28). The Kier molecular flexibility index (Phi) is 6.29. The first kappa shape index (κ1) is 20.4. The third-order valence-electron chi connectivity index (χ3n) is 4.19. The second kappa shape index (κ2) is 9.25. The predicted molar refractivity (Wildman–Crippen MR) is 111 cm³/mol. The van der Waals surface area contributed by atoms with Gasteiger partial charge in [-0.1, -0.05) is 18.2 Å². The van der Waals surface area contributed by atoms with Crippen molar-refractivity contribution < 1.29 is 4.79 Å². The molecule has 0 aliphatic heterocycles. The highest BCUT2D eigenvalue weighted by atomic mass is 16.2. The van der Waals surface area contributed by atoms with Gasteiger partial charge in [-0.25, -0.2) is 9.36 Å². The van der Waals surface area contributed by atoms with E-state index < -0.39 is 23.7 Å². The molecule has 9 heteroatoms. The van der Waals surface area contributed by atoms with Crippen LogP contribution in [0.4, 0.5) is 17.1 Å². The molecule has 1 amide bonds. The highest BCUT2D eigenvalue weighted by Gasteiger charge is 2.14. The summed E-state index contributed by atoms with van der Waals surface area (Å²) < 4.78 is 1.96. The number of hydrogen-bond donors (Lipinski definition) is 1. The maximum absolute atomic E-state index is 12.3. The van der Waals surface area contributed by atoms with Crippen LogP contribution in [-0.4, -0.2) is 15.0 Å². The topological polar surface area (TPSA) is 122 Å². The Hall–Kier alpha value is -4.32. The molecule has 1 heterocycles. The summed E-state index contributed by atoms with van der Waals surface area (Å²) >= 11 is 0. The summed E-state index contributed by atoms with van der Waals surface area (Å²) in [5, 5.41) is 19.9. The van der Waals surface area contributed by atoms with E-state index in [4.69, 9.17) is 5.26 Å². The van der Waals surface area contributed by atoms with Gasteiger partial charge < -0.3 is 5.32 Å². The molecule has 150 valence electrons. The van der Waals surface area contributed by atoms with Crippen molar-refractivity contribution in [3.05, 3.63) is 87.2 Å². The van der Waals surface area contributed by atoms with Gasteiger partial charge in [0.1, 0.15) is 18.2 Å². The summed E-state index contributed by atoms with van der Waals surface area (Å²) in [6, 6.07) is 17.6. The molecule has 3 aromatic rings. The van der Waals surface area contributed by atoms with E-state index in [1.807, 2.05) is 30.3 Å². The van der Waals surface area contributed by atoms with Crippen molar-refractivity contribution in [2.75, 3.05) is 5.32 Å². The number of nitrogens with one attached hydrogen (secondary N) is 1. The average Bonchev–Trinajstić information content (AvgIpc) is 2.77. The summed E-state index contributed by atoms with van der Waals surface area (Å²) in [7, 11) is 0. The summed E-state index contributed by atoms with van der Waals surface area (Å²) in [5.41, 5.74) is 0.155. The number of hydrogen-bond acceptors (Lipinski definition) is 6. The number of amides is 1. The van der Waals surface area contributed by atoms with Gasteiger partial charge in [0, 0.05) is 18.4 Å². The molecule has 30 heavy (non-hydrogen) atoms. The number of nitrogens with zero attached hydrogens (tertiary/aromatic N) is 5. The van der Waals surface area contributed by atoms with Crippen LogP contribution in [0.5, 0.6) is 0 Å². The number of rotatable bonds is 6. The van der Waals surface area contributed by atoms with Crippen LogP contribution in [0.15, 0.2) is 80.6 Å². The number of anilines is 1. The Morgan fingerprint density at radius 1 is 1.03 bits per heavy atom. The zero-order valence-electron chi connectivity index (χ0n) is 16.1. The van der Waals surface area contributed by atoms with Gasteiger partial charge in [0.15, 0.2) is 0 Å². The highest BCUT2D eigenvalue weighted by Crippen LogP contribution is 2.20. The van der Waals surface area contributed by atoms with Gasteiger partial charge in [-0.2, -0.15) is 15.5 Å². The molecule has 0 unspecified atom stereocenters. The molecule has 0 aliphatic carbocycles. The van der Waals surface area contributed by atoms with Gasteiger partial charge in [0.05, 0.1) is 11.4 Å². The molecule has 0 bridgehead atoms. The van der Waals surface area contributed by atoms with Crippen molar-refractivity contribution in [1.29, 1.82) is 5.26 Å². The van der Waals surface area contributed by atoms with Crippen molar-refractivity contribution in [2.24, 2.45) is 10.2 Å². The third kappa shape index (κ3) is 4.74. The van der Waals surface area contributed by atoms with Crippen molar-refractivity contribution in [2.45, 2.75) is 20.0 Å². The fraction of sp³-hybridized carbons (Fsp3) is 0.143. The number of aryl methyl sites for hydroxylation is 1. The molecule has 0 fully saturated rings. The molecule has 0 spiro atoms. The van der Waals surface area contributed by atoms with Crippen molar-refractivity contribution in [1.82, 2.24) is 9.13 Å². The normalized spacial score (nSPS) is 10.7. The van der Waals surface area contributed by atoms with E-state index in [0.29, 0.717) is 11.4 Å². The second-order valence-electron chi connectivity index (χ2n) is 6.25. The lowest BCUT2D eigenvalue weighted by atomic mass is 10.3. The smallest absolute Gasteiger partial charge is 0.325 e. The number of azo groups is 1. The Bertz CT molecular complexity index is 1230. The Balaban J connectivity index is 1.72. The molecule has 2 aromatic carbocycles. The number of aromatic nitrogens is 2. The van der Waals surface area contributed by atoms with Gasteiger partial charge in [0.2, 0.25) is 5.91 Å². The third-order valence-corrected chi connectivity index (χ3v) is 4.19. The van der Waals surface area contributed by atoms with E-state index >= 15 is 0 Å². The summed E-state index contributed by atoms with van der Waals surface area (Å²) in [6.07, 6.45) is 1.20. The van der Waals surface area contributed by atoms with Gasteiger partial charge in [-0.05, 0) is 43.3 Å². The van der Waals surface area contributed by atoms with Crippen LogP contribution >= 0.6 is 0 Å². The van der Waals surface area contributed by atoms with E-state index in [0.717, 1.165) is 10.3 Å². The quantitative estimate of drug-likeness (QED) is 0.637. The molecule has 0 radical (unpaired) electrons. The van der Waals surface area contributed by atoms with Gasteiger partial charge in [-0.3, -0.25) is 14.2 Å². The van der Waals surface area contributed by atoms with Crippen molar-refractivity contribution in [3.8, 4) is 6.07 Å². The Morgan fingerprint density at radius 3 is 2.27 bits per heavy atom. The molecule has 1 aromatic heterocycles. The maximum atomic E-state index is 12.3. The summed E-state index contributed by atoms with van der Waals surface area (Å²) in [5.74, 6) is -0.564. The molecular weight excluding hydrogens is 384 g/mol. The van der Waals surface area contributed by atoms with Crippen LogP contribution in [0.25, 0.3) is 0 Å². The molecule has 0 aliphatic rings. The zero-order chi connectivity index (χ0) is 21.5. The van der Waals surface area contributed by atoms with E-state index in [9.17, 15) is 14.4 Å². The van der Waals surface area contributed by atoms with Crippen LogP contribution in [0, 0.1) is 11.3 Å². The largest absolute Gasteiger partial charge is 0.331 e. The van der Waals surface area contributed by atoms with Crippen molar-refractivity contribution >= 4 is 23.0 Å². The summed E-state index contributed by atoms with van der Waals surface area (Å²) in [6.45, 7) is 1.48. The molecule has 1 N–H and O–H groups in total. The van der Waals surface area contributed by atoms with Gasteiger partial charge in [-0.15, -0.1) is 0 Å². The van der Waals surface area contributed by atoms with Crippen LogP contribution in [0.1, 0.15) is 12.5 Å². The van der Waals surface area contributed by atoms with Crippen LogP contribution in [-0.2, 0) is 17.9 Å². The summed E-state index contributed by atoms with van der Waals surface area (Å²) in [4.78, 5) is 36.9. The lowest BCUT2D eigenvalue weighted by molar-refractivity contribution is -0.116. The van der Waals surface area contributed by atoms with E-state index in [1.54, 1.807) is 37.3 Å². The first-order valence-electron chi connectivity index (χ1n) is 9.13. The Morgan fingerprint density at radius 2 is 1.67 bits per heavy atom. The number of benzene rings is 2. The molecule has 0 saturated carbocycles.